The Labute approximate surface area is 753 Å². The van der Waals surface area contributed by atoms with Crippen molar-refractivity contribution in [2.45, 2.75) is 89.3 Å². The van der Waals surface area contributed by atoms with Gasteiger partial charge in [-0.25, -0.2) is 0 Å². The predicted octanol–water partition coefficient (Wildman–Crippen LogP) is 31.5. The Balaban J connectivity index is 0.000000144. The molecule has 5 aliphatic rings. The molecule has 4 nitrogen and oxygen atoms in total. The average Bonchev–Trinajstić information content (AvgIpc) is 1.51. The maximum atomic E-state index is 6.45. The molecule has 0 atom stereocenters. The number of hydrogen-bond donors (Lipinski definition) is 0. The fourth-order valence-electron chi connectivity index (χ4n) is 19.0. The normalized spacial score (nSPS) is 14.3. The van der Waals surface area contributed by atoms with Crippen LogP contribution in [0.1, 0.15) is 110 Å². The van der Waals surface area contributed by atoms with Gasteiger partial charge in [0.05, 0.1) is 22.0 Å². The molecule has 16 aromatic rings. The van der Waals surface area contributed by atoms with Gasteiger partial charge in [-0.2, -0.15) is 0 Å². The number of halogens is 5. The largest absolute Gasteiger partial charge is 0.494 e. The molecule has 1 aliphatic heterocycles. The molecule has 21 rings (SSSR count). The van der Waals surface area contributed by atoms with Crippen molar-refractivity contribution in [2.24, 2.45) is 0 Å². The van der Waals surface area contributed by atoms with Crippen LogP contribution in [0.2, 0.25) is 0 Å². The predicted molar refractivity (Wildman–Crippen MR) is 525 cm³/mol. The first-order valence-corrected chi connectivity index (χ1v) is 45.7. The zero-order valence-corrected chi connectivity index (χ0v) is 76.1. The minimum Gasteiger partial charge on any atom is -0.399 e. The first kappa shape index (κ1) is 79.5. The summed E-state index contributed by atoms with van der Waals surface area (Å²) in [5.41, 5.74) is 37.1. The minimum absolute atomic E-state index is 0.407. The van der Waals surface area contributed by atoms with E-state index in [0.717, 1.165) is 94.3 Å². The molecule has 0 amide bonds. The lowest BCUT2D eigenvalue weighted by atomic mass is 9.70. The molecular weight excluding hydrogens is 1840 g/mol. The molecular formula is C110H86BBr4IN2O2. The molecule has 0 bridgehead atoms. The van der Waals surface area contributed by atoms with Crippen LogP contribution in [0.3, 0.4) is 0 Å². The maximum Gasteiger partial charge on any atom is 0.494 e. The third kappa shape index (κ3) is 13.9. The van der Waals surface area contributed by atoms with E-state index in [9.17, 15) is 0 Å². The molecule has 4 aliphatic carbocycles. The van der Waals surface area contributed by atoms with Gasteiger partial charge in [0.25, 0.3) is 0 Å². The molecule has 0 unspecified atom stereocenters. The number of anilines is 6. The number of fused-ring (bicyclic) bond motifs is 20. The van der Waals surface area contributed by atoms with E-state index in [4.69, 9.17) is 9.31 Å². The molecule has 1 saturated heterocycles. The Morgan fingerprint density at radius 1 is 0.275 bits per heavy atom. The van der Waals surface area contributed by atoms with E-state index < -0.39 is 29.2 Å². The van der Waals surface area contributed by atoms with Crippen LogP contribution in [0, 0.1) is 3.57 Å². The molecule has 120 heavy (non-hydrogen) atoms. The summed E-state index contributed by atoms with van der Waals surface area (Å²) in [5.74, 6) is 0. The van der Waals surface area contributed by atoms with Crippen LogP contribution in [0.15, 0.2) is 382 Å². The molecule has 586 valence electrons. The summed E-state index contributed by atoms with van der Waals surface area (Å²) in [6.45, 7) is 12.9. The molecule has 0 saturated carbocycles. The van der Waals surface area contributed by atoms with Crippen molar-refractivity contribution in [3.05, 3.63) is 441 Å². The standard InChI is InChI=1S/C52H46BNO2.C52H37Br2N.C6H3Br2I/c1-6-13-35-20-22-36(23-21-35)37-24-28-39(29-25-37)54(40-30-26-38(27-31-40)53-55-50(2,3)51(4,5)56-53)41-32-33-45-44-16-9-12-19-48(44)52(49(45)34-41)46-17-10-7-14-42(46)43-15-8-11-18-47(43)52;1-2-9-34-16-18-35(19-17-34)36-20-25-39(26-21-36)55(40-27-22-37(23-28-40)46-32-38(53)24-31-51(46)54)41-29-30-45-44-12-5-8-15-49(44)52(50(45)33-41)47-13-6-3-10-42(47)43-11-4-7-14-48(43)52;7-4-1-2-5(8)6(9)3-4/h7-12,14-34H,6,13H2,1-5H3;3-8,10-33H,2,9H2,1H3;1-3H. The average molecular weight is 1930 g/mol. The maximum absolute atomic E-state index is 6.45. The van der Waals surface area contributed by atoms with Crippen LogP contribution in [-0.4, -0.2) is 18.3 Å². The molecule has 1 heterocycles. The third-order valence-corrected chi connectivity index (χ3v) is 29.3. The quantitative estimate of drug-likeness (QED) is 0.0615. The van der Waals surface area contributed by atoms with E-state index in [1.165, 1.54) is 126 Å². The Morgan fingerprint density at radius 3 is 0.883 bits per heavy atom. The molecule has 0 aromatic heterocycles. The minimum atomic E-state index is -0.425. The van der Waals surface area contributed by atoms with Gasteiger partial charge in [-0.1, -0.05) is 329 Å². The fourth-order valence-corrected chi connectivity index (χ4v) is 21.4. The summed E-state index contributed by atoms with van der Waals surface area (Å²) in [5, 5.41) is 0. The van der Waals surface area contributed by atoms with Crippen LogP contribution in [0.25, 0.3) is 77.9 Å². The van der Waals surface area contributed by atoms with E-state index in [2.05, 4.69) is 490 Å². The molecule has 0 N–H and O–H groups in total. The van der Waals surface area contributed by atoms with Gasteiger partial charge in [0.2, 0.25) is 0 Å². The van der Waals surface area contributed by atoms with E-state index in [-0.39, 0.29) is 0 Å². The molecule has 2 spiro atoms. The molecule has 1 fully saturated rings. The number of rotatable bonds is 14. The van der Waals surface area contributed by atoms with Crippen molar-refractivity contribution in [3.8, 4) is 77.9 Å². The second kappa shape index (κ2) is 32.6. The van der Waals surface area contributed by atoms with Crippen LogP contribution >= 0.6 is 86.3 Å². The van der Waals surface area contributed by atoms with Gasteiger partial charge in [0, 0.05) is 55.6 Å². The summed E-state index contributed by atoms with van der Waals surface area (Å²) in [4.78, 5) is 4.81. The van der Waals surface area contributed by atoms with Crippen molar-refractivity contribution in [2.75, 3.05) is 9.80 Å². The Morgan fingerprint density at radius 2 is 0.558 bits per heavy atom. The number of benzene rings is 16. The van der Waals surface area contributed by atoms with Gasteiger partial charge >= 0.3 is 7.12 Å². The van der Waals surface area contributed by atoms with Crippen molar-refractivity contribution < 1.29 is 9.31 Å². The van der Waals surface area contributed by atoms with Gasteiger partial charge in [-0.3, -0.25) is 0 Å². The lowest BCUT2D eigenvalue weighted by Crippen LogP contribution is -2.41. The van der Waals surface area contributed by atoms with Crippen molar-refractivity contribution >= 4 is 133 Å². The summed E-state index contributed by atoms with van der Waals surface area (Å²) in [6, 6.07) is 135. The first-order chi connectivity index (χ1) is 58.4. The lowest BCUT2D eigenvalue weighted by molar-refractivity contribution is 0.00578. The van der Waals surface area contributed by atoms with E-state index in [1.54, 1.807) is 0 Å². The topological polar surface area (TPSA) is 24.9 Å². The lowest BCUT2D eigenvalue weighted by Gasteiger charge is -2.32. The summed E-state index contributed by atoms with van der Waals surface area (Å²) >= 11 is 16.5. The van der Waals surface area contributed by atoms with Crippen LogP contribution in [-0.2, 0) is 33.0 Å². The monoisotopic (exact) mass is 1920 g/mol. The van der Waals surface area contributed by atoms with Crippen molar-refractivity contribution in [1.82, 2.24) is 0 Å². The summed E-state index contributed by atoms with van der Waals surface area (Å²) in [7, 11) is -0.425. The second-order valence-electron chi connectivity index (χ2n) is 32.8. The zero-order chi connectivity index (χ0) is 82.2. The van der Waals surface area contributed by atoms with E-state index in [1.807, 2.05) is 12.1 Å². The van der Waals surface area contributed by atoms with Crippen LogP contribution in [0.5, 0.6) is 0 Å². The van der Waals surface area contributed by atoms with Gasteiger partial charge in [-0.15, -0.1) is 0 Å². The Hall–Kier alpha value is -10.2. The number of nitrogens with zero attached hydrogens (tertiary/aromatic N) is 2. The van der Waals surface area contributed by atoms with Gasteiger partial charge in [0.15, 0.2) is 0 Å². The summed E-state index contributed by atoms with van der Waals surface area (Å²) in [6.07, 6.45) is 4.51. The molecule has 16 aromatic carbocycles. The van der Waals surface area contributed by atoms with Crippen molar-refractivity contribution in [1.29, 1.82) is 0 Å². The molecule has 10 heteroatoms. The number of hydrogen-bond acceptors (Lipinski definition) is 4. The highest BCUT2D eigenvalue weighted by Gasteiger charge is 2.55. The van der Waals surface area contributed by atoms with E-state index >= 15 is 0 Å². The van der Waals surface area contributed by atoms with Crippen LogP contribution in [0.4, 0.5) is 34.1 Å². The number of aryl methyl sites for hydroxylation is 2. The van der Waals surface area contributed by atoms with Gasteiger partial charge in [0.1, 0.15) is 0 Å². The summed E-state index contributed by atoms with van der Waals surface area (Å²) < 4.78 is 18.5. The first-order valence-electron chi connectivity index (χ1n) is 41.4. The van der Waals surface area contributed by atoms with E-state index in [0.29, 0.717) is 0 Å². The SMILES string of the molecule is Brc1ccc(Br)c(I)c1.CCCc1ccc(-c2ccc(N(c3ccc(-c4cc(Br)ccc4Br)cc3)c3ccc4c(c3)C3(c5ccccc5-c5ccccc53)c3ccccc3-4)cc2)cc1.CCCc1ccc(-c2ccc(N(c3ccc(B4OC(C)(C)C(C)(C)O4)cc3)c3ccc4c(c3)C3(c5ccccc5-c5ccccc53)c3ccccc3-4)cc2)cc1. The Kier molecular flexibility index (Phi) is 21.6. The highest BCUT2D eigenvalue weighted by molar-refractivity contribution is 14.1. The highest BCUT2D eigenvalue weighted by atomic mass is 127. The third-order valence-electron chi connectivity index (χ3n) is 25.3. The van der Waals surface area contributed by atoms with Crippen molar-refractivity contribution in [3.63, 3.8) is 0 Å². The second-order valence-corrected chi connectivity index (χ2v) is 37.5. The fraction of sp³-hybridized carbons (Fsp3) is 0.127. The smallest absolute Gasteiger partial charge is 0.399 e. The van der Waals surface area contributed by atoms with Gasteiger partial charge < -0.3 is 19.1 Å². The molecule has 0 radical (unpaired) electrons. The highest BCUT2D eigenvalue weighted by Crippen LogP contribution is 2.66. The Bertz CT molecular complexity index is 6440. The zero-order valence-electron chi connectivity index (χ0n) is 67.6. The van der Waals surface area contributed by atoms with Gasteiger partial charge in [-0.05, 0) is 327 Å². The van der Waals surface area contributed by atoms with Crippen LogP contribution < -0.4 is 15.3 Å².